The molecule has 0 saturated carbocycles. The van der Waals surface area contributed by atoms with E-state index in [2.05, 4.69) is 17.2 Å². The lowest BCUT2D eigenvalue weighted by molar-refractivity contribution is -0.384. The normalized spacial score (nSPS) is 10.4. The molecule has 21 heavy (non-hydrogen) atoms. The first-order valence-electron chi connectivity index (χ1n) is 6.35. The van der Waals surface area contributed by atoms with E-state index in [0.717, 1.165) is 23.0 Å². The van der Waals surface area contributed by atoms with E-state index >= 15 is 0 Å². The first-order chi connectivity index (χ1) is 10.1. The summed E-state index contributed by atoms with van der Waals surface area (Å²) in [6.45, 7) is 3.28. The zero-order chi connectivity index (χ0) is 15.2. The number of nitro groups is 1. The van der Waals surface area contributed by atoms with Gasteiger partial charge < -0.3 is 10.1 Å². The van der Waals surface area contributed by atoms with Crippen molar-refractivity contribution in [3.05, 3.63) is 44.4 Å². The molecule has 0 unspecified atom stereocenters. The van der Waals surface area contributed by atoms with Crippen LogP contribution in [0.15, 0.2) is 24.4 Å². The number of hydrogen-bond acceptors (Lipinski definition) is 6. The molecule has 0 spiro atoms. The zero-order valence-corrected chi connectivity index (χ0v) is 12.9. The Kier molecular flexibility index (Phi) is 5.35. The van der Waals surface area contributed by atoms with E-state index in [9.17, 15) is 10.1 Å². The molecule has 0 fully saturated rings. The van der Waals surface area contributed by atoms with Crippen LogP contribution < -0.4 is 10.1 Å². The van der Waals surface area contributed by atoms with Crippen LogP contribution in [-0.4, -0.2) is 16.5 Å². The van der Waals surface area contributed by atoms with Crippen molar-refractivity contribution in [2.45, 2.75) is 20.0 Å². The van der Waals surface area contributed by atoms with Crippen LogP contribution in [0, 0.1) is 10.1 Å². The number of nitro benzene ring substituents is 1. The molecule has 1 aromatic carbocycles. The Bertz CT molecular complexity index is 633. The van der Waals surface area contributed by atoms with E-state index in [-0.39, 0.29) is 10.7 Å². The predicted octanol–water partition coefficient (Wildman–Crippen LogP) is 4.11. The molecule has 0 aliphatic carbocycles. The van der Waals surface area contributed by atoms with Gasteiger partial charge in [0.1, 0.15) is 12.4 Å². The second kappa shape index (κ2) is 7.24. The van der Waals surface area contributed by atoms with Gasteiger partial charge in [-0.3, -0.25) is 10.1 Å². The van der Waals surface area contributed by atoms with Crippen molar-refractivity contribution in [3.8, 4) is 5.75 Å². The van der Waals surface area contributed by atoms with Crippen LogP contribution in [0.1, 0.15) is 18.2 Å². The van der Waals surface area contributed by atoms with Gasteiger partial charge in [0.05, 0.1) is 14.8 Å². The monoisotopic (exact) mass is 327 g/mol. The maximum atomic E-state index is 10.6. The molecule has 6 nitrogen and oxygen atoms in total. The lowest BCUT2D eigenvalue weighted by Gasteiger charge is -2.06. The predicted molar refractivity (Wildman–Crippen MR) is 83.3 cm³/mol. The summed E-state index contributed by atoms with van der Waals surface area (Å²) >= 11 is 7.47. The number of hydrogen-bond donors (Lipinski definition) is 1. The summed E-state index contributed by atoms with van der Waals surface area (Å²) in [7, 11) is 0. The van der Waals surface area contributed by atoms with Crippen LogP contribution in [0.2, 0.25) is 5.02 Å². The molecule has 0 atom stereocenters. The Hall–Kier alpha value is -1.86. The molecule has 0 aliphatic rings. The number of nitrogens with zero attached hydrogens (tertiary/aromatic N) is 2. The minimum Gasteiger partial charge on any atom is -0.486 e. The molecule has 2 rings (SSSR count). The van der Waals surface area contributed by atoms with Gasteiger partial charge in [-0.1, -0.05) is 29.9 Å². The number of benzene rings is 1. The SMILES string of the molecule is CCCNc1ncc(COc2ccc([N+](=O)[O-])cc2Cl)s1. The van der Waals surface area contributed by atoms with Gasteiger partial charge in [-0.2, -0.15) is 0 Å². The molecule has 0 saturated heterocycles. The Morgan fingerprint density at radius 3 is 3.00 bits per heavy atom. The molecule has 0 aliphatic heterocycles. The van der Waals surface area contributed by atoms with Gasteiger partial charge in [0.25, 0.3) is 5.69 Å². The highest BCUT2D eigenvalue weighted by molar-refractivity contribution is 7.15. The molecule has 0 radical (unpaired) electrons. The number of non-ortho nitro benzene ring substituents is 1. The summed E-state index contributed by atoms with van der Waals surface area (Å²) < 4.78 is 5.56. The van der Waals surface area contributed by atoms with Gasteiger partial charge in [0.15, 0.2) is 5.13 Å². The van der Waals surface area contributed by atoms with E-state index in [1.807, 2.05) is 0 Å². The Morgan fingerprint density at radius 1 is 1.52 bits per heavy atom. The first kappa shape index (κ1) is 15.5. The highest BCUT2D eigenvalue weighted by atomic mass is 35.5. The second-order valence-corrected chi connectivity index (χ2v) is 5.74. The fourth-order valence-corrected chi connectivity index (χ4v) is 2.54. The van der Waals surface area contributed by atoms with Gasteiger partial charge in [-0.05, 0) is 12.5 Å². The van der Waals surface area contributed by atoms with Crippen LogP contribution in [0.3, 0.4) is 0 Å². The highest BCUT2D eigenvalue weighted by Gasteiger charge is 2.11. The summed E-state index contributed by atoms with van der Waals surface area (Å²) in [5.74, 6) is 0.415. The number of rotatable bonds is 7. The van der Waals surface area contributed by atoms with Crippen LogP contribution in [0.4, 0.5) is 10.8 Å². The van der Waals surface area contributed by atoms with Crippen molar-refractivity contribution in [1.29, 1.82) is 0 Å². The van der Waals surface area contributed by atoms with Crippen LogP contribution >= 0.6 is 22.9 Å². The largest absolute Gasteiger partial charge is 0.486 e. The Morgan fingerprint density at radius 2 is 2.33 bits per heavy atom. The summed E-state index contributed by atoms with van der Waals surface area (Å²) in [6.07, 6.45) is 2.77. The number of thiazole rings is 1. The van der Waals surface area contributed by atoms with Crippen molar-refractivity contribution < 1.29 is 9.66 Å². The number of nitrogens with one attached hydrogen (secondary N) is 1. The smallest absolute Gasteiger partial charge is 0.271 e. The highest BCUT2D eigenvalue weighted by Crippen LogP contribution is 2.30. The van der Waals surface area contributed by atoms with E-state index in [0.29, 0.717) is 12.4 Å². The molecule has 112 valence electrons. The molecule has 0 amide bonds. The van der Waals surface area contributed by atoms with Gasteiger partial charge in [-0.25, -0.2) is 4.98 Å². The lowest BCUT2D eigenvalue weighted by Crippen LogP contribution is -1.98. The van der Waals surface area contributed by atoms with E-state index in [4.69, 9.17) is 16.3 Å². The molecule has 1 aromatic heterocycles. The third-order valence-corrected chi connectivity index (χ3v) is 3.80. The third-order valence-electron chi connectivity index (χ3n) is 2.58. The quantitative estimate of drug-likeness (QED) is 0.611. The number of aromatic nitrogens is 1. The zero-order valence-electron chi connectivity index (χ0n) is 11.3. The summed E-state index contributed by atoms with van der Waals surface area (Å²) in [5.41, 5.74) is -0.0591. The van der Waals surface area contributed by atoms with Crippen molar-refractivity contribution in [2.24, 2.45) is 0 Å². The Labute approximate surface area is 130 Å². The third kappa shape index (κ3) is 4.30. The maximum Gasteiger partial charge on any atom is 0.271 e. The van der Waals surface area contributed by atoms with E-state index < -0.39 is 4.92 Å². The average Bonchev–Trinajstić information content (AvgIpc) is 2.91. The Balaban J connectivity index is 1.96. The van der Waals surface area contributed by atoms with Gasteiger partial charge in [0, 0.05) is 24.9 Å². The summed E-state index contributed by atoms with van der Waals surface area (Å²) in [5, 5.41) is 14.9. The van der Waals surface area contributed by atoms with Crippen LogP contribution in [0.5, 0.6) is 5.75 Å². The summed E-state index contributed by atoms with van der Waals surface area (Å²) in [6, 6.07) is 4.14. The molecule has 2 aromatic rings. The van der Waals surface area contributed by atoms with Crippen LogP contribution in [-0.2, 0) is 6.61 Å². The molecule has 8 heteroatoms. The van der Waals surface area contributed by atoms with Gasteiger partial charge >= 0.3 is 0 Å². The number of anilines is 1. The fourth-order valence-electron chi connectivity index (χ4n) is 1.56. The molecule has 1 N–H and O–H groups in total. The average molecular weight is 328 g/mol. The lowest BCUT2D eigenvalue weighted by atomic mass is 10.3. The second-order valence-electron chi connectivity index (χ2n) is 4.22. The fraction of sp³-hybridized carbons (Fsp3) is 0.308. The number of halogens is 1. The summed E-state index contributed by atoms with van der Waals surface area (Å²) in [4.78, 5) is 15.3. The topological polar surface area (TPSA) is 77.3 Å². The minimum atomic E-state index is -0.496. The molecule has 1 heterocycles. The van der Waals surface area contributed by atoms with Crippen molar-refractivity contribution in [3.63, 3.8) is 0 Å². The van der Waals surface area contributed by atoms with Crippen molar-refractivity contribution >= 4 is 33.8 Å². The maximum absolute atomic E-state index is 10.6. The van der Waals surface area contributed by atoms with E-state index in [1.54, 1.807) is 6.20 Å². The van der Waals surface area contributed by atoms with Crippen molar-refractivity contribution in [1.82, 2.24) is 4.98 Å². The number of ether oxygens (including phenoxy) is 1. The molecular formula is C13H14ClN3O3S. The first-order valence-corrected chi connectivity index (χ1v) is 7.55. The minimum absolute atomic E-state index is 0.0591. The van der Waals surface area contributed by atoms with E-state index in [1.165, 1.54) is 29.5 Å². The standard InChI is InChI=1S/C13H14ClN3O3S/c1-2-5-15-13-16-7-10(21-13)8-20-12-4-3-9(17(18)19)6-11(12)14/h3-4,6-7H,2,5,8H2,1H3,(H,15,16). The van der Waals surface area contributed by atoms with Crippen molar-refractivity contribution in [2.75, 3.05) is 11.9 Å². The van der Waals surface area contributed by atoms with Gasteiger partial charge in [0.2, 0.25) is 0 Å². The molecular weight excluding hydrogens is 314 g/mol. The molecule has 0 bridgehead atoms. The van der Waals surface area contributed by atoms with Crippen LogP contribution in [0.25, 0.3) is 0 Å². The van der Waals surface area contributed by atoms with Gasteiger partial charge in [-0.15, -0.1) is 0 Å².